The van der Waals surface area contributed by atoms with Crippen LogP contribution in [0, 0.1) is 0 Å². The van der Waals surface area contributed by atoms with Gasteiger partial charge in [0.15, 0.2) is 0 Å². The molecule has 22 heavy (non-hydrogen) atoms. The number of ether oxygens (including phenoxy) is 1. The van der Waals surface area contributed by atoms with E-state index in [2.05, 4.69) is 9.46 Å². The standard InChI is InChI=1S/C15H14ClNO4S/c1-21-15(18)13-9-12(7-8-14(13)16)22(19,20)17-10-11-5-3-2-4-6-11/h2-9,17H,10H2,1H3. The predicted octanol–water partition coefficient (Wildman–Crippen LogP) is 2.61. The highest BCUT2D eigenvalue weighted by Crippen LogP contribution is 2.21. The zero-order valence-corrected chi connectivity index (χ0v) is 13.3. The molecule has 0 aliphatic heterocycles. The Labute approximate surface area is 133 Å². The molecule has 0 saturated heterocycles. The first-order valence-corrected chi connectivity index (χ1v) is 8.21. The Hall–Kier alpha value is -1.89. The van der Waals surface area contributed by atoms with Gasteiger partial charge in [0.1, 0.15) is 0 Å². The van der Waals surface area contributed by atoms with Crippen LogP contribution in [0.2, 0.25) is 5.02 Å². The number of benzene rings is 2. The van der Waals surface area contributed by atoms with Crippen molar-refractivity contribution < 1.29 is 17.9 Å². The fourth-order valence-corrected chi connectivity index (χ4v) is 3.03. The van der Waals surface area contributed by atoms with Crippen molar-refractivity contribution in [3.05, 3.63) is 64.7 Å². The lowest BCUT2D eigenvalue weighted by atomic mass is 10.2. The lowest BCUT2D eigenvalue weighted by molar-refractivity contribution is 0.0600. The monoisotopic (exact) mass is 339 g/mol. The highest BCUT2D eigenvalue weighted by molar-refractivity contribution is 7.89. The largest absolute Gasteiger partial charge is 0.465 e. The Morgan fingerprint density at radius 2 is 1.86 bits per heavy atom. The number of sulfonamides is 1. The Bertz CT molecular complexity index is 775. The van der Waals surface area contributed by atoms with E-state index in [1.165, 1.54) is 25.3 Å². The molecule has 0 heterocycles. The van der Waals surface area contributed by atoms with Crippen molar-refractivity contribution in [3.8, 4) is 0 Å². The second-order valence-corrected chi connectivity index (χ2v) is 6.62. The molecule has 2 rings (SSSR count). The van der Waals surface area contributed by atoms with Crippen LogP contribution in [0.3, 0.4) is 0 Å². The van der Waals surface area contributed by atoms with Gasteiger partial charge in [0, 0.05) is 6.54 Å². The van der Waals surface area contributed by atoms with Crippen LogP contribution in [0.1, 0.15) is 15.9 Å². The first kappa shape index (κ1) is 16.5. The minimum Gasteiger partial charge on any atom is -0.465 e. The number of esters is 1. The summed E-state index contributed by atoms with van der Waals surface area (Å²) in [6.07, 6.45) is 0. The van der Waals surface area contributed by atoms with Crippen molar-refractivity contribution in [3.63, 3.8) is 0 Å². The Balaban J connectivity index is 2.24. The van der Waals surface area contributed by atoms with E-state index in [9.17, 15) is 13.2 Å². The number of halogens is 1. The number of rotatable bonds is 5. The molecule has 2 aromatic rings. The van der Waals surface area contributed by atoms with Crippen LogP contribution in [-0.2, 0) is 21.3 Å². The maximum atomic E-state index is 12.3. The lowest BCUT2D eigenvalue weighted by Gasteiger charge is -2.09. The van der Waals surface area contributed by atoms with Gasteiger partial charge < -0.3 is 4.74 Å². The Kier molecular flexibility index (Phi) is 5.18. The summed E-state index contributed by atoms with van der Waals surface area (Å²) in [5.74, 6) is -0.690. The molecule has 0 aromatic heterocycles. The first-order chi connectivity index (χ1) is 10.4. The van der Waals surface area contributed by atoms with Gasteiger partial charge in [-0.05, 0) is 23.8 Å². The third-order valence-electron chi connectivity index (χ3n) is 2.96. The second kappa shape index (κ2) is 6.91. The Morgan fingerprint density at radius 3 is 2.50 bits per heavy atom. The average molecular weight is 340 g/mol. The third-order valence-corrected chi connectivity index (χ3v) is 4.69. The van der Waals surface area contributed by atoms with Crippen molar-refractivity contribution in [2.75, 3.05) is 7.11 Å². The summed E-state index contributed by atoms with van der Waals surface area (Å²) >= 11 is 5.88. The van der Waals surface area contributed by atoms with Crippen molar-refractivity contribution in [1.29, 1.82) is 0 Å². The number of hydrogen-bond donors (Lipinski definition) is 1. The molecular weight excluding hydrogens is 326 g/mol. The molecule has 0 radical (unpaired) electrons. The highest BCUT2D eigenvalue weighted by Gasteiger charge is 2.18. The normalized spacial score (nSPS) is 11.2. The third kappa shape index (κ3) is 3.85. The topological polar surface area (TPSA) is 72.5 Å². The zero-order chi connectivity index (χ0) is 16.2. The van der Waals surface area contributed by atoms with E-state index >= 15 is 0 Å². The van der Waals surface area contributed by atoms with Crippen LogP contribution in [0.4, 0.5) is 0 Å². The van der Waals surface area contributed by atoms with E-state index in [0.29, 0.717) is 0 Å². The lowest BCUT2D eigenvalue weighted by Crippen LogP contribution is -2.23. The van der Waals surface area contributed by atoms with E-state index in [1.54, 1.807) is 0 Å². The molecular formula is C15H14ClNO4S. The molecule has 0 saturated carbocycles. The van der Waals surface area contributed by atoms with Crippen molar-refractivity contribution in [1.82, 2.24) is 4.72 Å². The van der Waals surface area contributed by atoms with E-state index in [0.717, 1.165) is 5.56 Å². The quantitative estimate of drug-likeness (QED) is 0.850. The summed E-state index contributed by atoms with van der Waals surface area (Å²) in [5, 5.41) is 0.133. The zero-order valence-electron chi connectivity index (χ0n) is 11.7. The molecule has 2 aromatic carbocycles. The highest BCUT2D eigenvalue weighted by atomic mass is 35.5. The molecule has 0 fully saturated rings. The van der Waals surface area contributed by atoms with Gasteiger partial charge in [0.2, 0.25) is 10.0 Å². The molecule has 116 valence electrons. The fraction of sp³-hybridized carbons (Fsp3) is 0.133. The SMILES string of the molecule is COC(=O)c1cc(S(=O)(=O)NCc2ccccc2)ccc1Cl. The molecule has 0 unspecified atom stereocenters. The summed E-state index contributed by atoms with van der Waals surface area (Å²) in [6, 6.07) is 13.0. The molecule has 0 spiro atoms. The first-order valence-electron chi connectivity index (χ1n) is 6.35. The Morgan fingerprint density at radius 1 is 1.18 bits per heavy atom. The van der Waals surface area contributed by atoms with Gasteiger partial charge >= 0.3 is 5.97 Å². The van der Waals surface area contributed by atoms with E-state index in [1.807, 2.05) is 30.3 Å². The van der Waals surface area contributed by atoms with Gasteiger partial charge in [-0.15, -0.1) is 0 Å². The van der Waals surface area contributed by atoms with Crippen molar-refractivity contribution in [2.45, 2.75) is 11.4 Å². The van der Waals surface area contributed by atoms with Crippen molar-refractivity contribution in [2.24, 2.45) is 0 Å². The van der Waals surface area contributed by atoms with Crippen LogP contribution in [0.5, 0.6) is 0 Å². The van der Waals surface area contributed by atoms with E-state index in [4.69, 9.17) is 11.6 Å². The number of nitrogens with one attached hydrogen (secondary N) is 1. The van der Waals surface area contributed by atoms with Crippen molar-refractivity contribution >= 4 is 27.6 Å². The van der Waals surface area contributed by atoms with Crippen LogP contribution in [0.15, 0.2) is 53.4 Å². The molecule has 5 nitrogen and oxygen atoms in total. The smallest absolute Gasteiger partial charge is 0.339 e. The van der Waals surface area contributed by atoms with Gasteiger partial charge in [-0.25, -0.2) is 17.9 Å². The summed E-state index contributed by atoms with van der Waals surface area (Å²) in [7, 11) is -2.55. The minimum absolute atomic E-state index is 0.00625. The van der Waals surface area contributed by atoms with Crippen LogP contribution < -0.4 is 4.72 Å². The van der Waals surface area contributed by atoms with E-state index < -0.39 is 16.0 Å². The van der Waals surface area contributed by atoms with Crippen LogP contribution >= 0.6 is 11.6 Å². The summed E-state index contributed by atoms with van der Waals surface area (Å²) in [5.41, 5.74) is 0.833. The molecule has 0 aliphatic rings. The summed E-state index contributed by atoms with van der Waals surface area (Å²) in [6.45, 7) is 0.152. The molecule has 0 amide bonds. The number of carbonyl (C=O) groups is 1. The fourth-order valence-electron chi connectivity index (χ4n) is 1.80. The average Bonchev–Trinajstić information content (AvgIpc) is 2.53. The minimum atomic E-state index is -3.76. The van der Waals surface area contributed by atoms with Gasteiger partial charge in [0.05, 0.1) is 22.6 Å². The van der Waals surface area contributed by atoms with Gasteiger partial charge in [-0.2, -0.15) is 0 Å². The molecule has 0 aliphatic carbocycles. The molecule has 0 bridgehead atoms. The maximum Gasteiger partial charge on any atom is 0.339 e. The number of carbonyl (C=O) groups excluding carboxylic acids is 1. The summed E-state index contributed by atoms with van der Waals surface area (Å²) < 4.78 is 31.6. The van der Waals surface area contributed by atoms with Crippen LogP contribution in [-0.4, -0.2) is 21.5 Å². The molecule has 0 atom stereocenters. The maximum absolute atomic E-state index is 12.3. The molecule has 1 N–H and O–H groups in total. The predicted molar refractivity (Wildman–Crippen MR) is 83.3 cm³/mol. The summed E-state index contributed by atoms with van der Waals surface area (Å²) in [4.78, 5) is 11.5. The number of hydrogen-bond acceptors (Lipinski definition) is 4. The van der Waals surface area contributed by atoms with Gasteiger partial charge in [-0.1, -0.05) is 41.9 Å². The van der Waals surface area contributed by atoms with E-state index in [-0.39, 0.29) is 22.0 Å². The van der Waals surface area contributed by atoms with Crippen LogP contribution in [0.25, 0.3) is 0 Å². The second-order valence-electron chi connectivity index (χ2n) is 4.44. The molecule has 7 heteroatoms. The van der Waals surface area contributed by atoms with Gasteiger partial charge in [-0.3, -0.25) is 0 Å². The van der Waals surface area contributed by atoms with Gasteiger partial charge in [0.25, 0.3) is 0 Å². The number of methoxy groups -OCH3 is 1.